The highest BCUT2D eigenvalue weighted by Crippen LogP contribution is 2.15. The first kappa shape index (κ1) is 15.0. The Balaban J connectivity index is 2.37. The van der Waals surface area contributed by atoms with Gasteiger partial charge in [-0.2, -0.15) is 5.10 Å². The largest absolute Gasteiger partial charge is 0.494 e. The molecular formula is C14H20N2O3. The highest BCUT2D eigenvalue weighted by atomic mass is 16.5. The van der Waals surface area contributed by atoms with Crippen LogP contribution in [-0.4, -0.2) is 25.4 Å². The number of benzene rings is 1. The van der Waals surface area contributed by atoms with Gasteiger partial charge < -0.3 is 9.47 Å². The molecule has 0 bridgehead atoms. The predicted molar refractivity (Wildman–Crippen MR) is 75.6 cm³/mol. The molecule has 1 aromatic carbocycles. The lowest BCUT2D eigenvalue weighted by Crippen LogP contribution is -2.06. The van der Waals surface area contributed by atoms with Crippen molar-refractivity contribution >= 4 is 17.9 Å². The lowest BCUT2D eigenvalue weighted by molar-refractivity contribution is -0.134. The summed E-state index contributed by atoms with van der Waals surface area (Å²) in [6.07, 6.45) is 3.27. The van der Waals surface area contributed by atoms with Crippen LogP contribution in [0, 0.1) is 0 Å². The molecule has 0 saturated heterocycles. The number of rotatable bonds is 8. The van der Waals surface area contributed by atoms with E-state index >= 15 is 0 Å². The topological polar surface area (TPSA) is 59.9 Å². The SMILES string of the molecule is CCCCOc1ccc(NN=CC(=O)OCC)cc1. The summed E-state index contributed by atoms with van der Waals surface area (Å²) < 4.78 is 10.2. The maximum atomic E-state index is 11.0. The minimum atomic E-state index is -0.463. The van der Waals surface area contributed by atoms with E-state index in [2.05, 4.69) is 17.5 Å². The smallest absolute Gasteiger partial charge is 0.351 e. The fraction of sp³-hybridized carbons (Fsp3) is 0.429. The van der Waals surface area contributed by atoms with Crippen LogP contribution in [0.4, 0.5) is 5.69 Å². The molecule has 0 aromatic heterocycles. The molecule has 0 saturated carbocycles. The molecule has 0 heterocycles. The van der Waals surface area contributed by atoms with Crippen molar-refractivity contribution in [1.29, 1.82) is 0 Å². The standard InChI is InChI=1S/C14H20N2O3/c1-3-5-10-19-13-8-6-12(7-9-13)16-15-11-14(17)18-4-2/h6-9,11,16H,3-5,10H2,1-2H3. The Morgan fingerprint density at radius 2 is 2.05 bits per heavy atom. The monoisotopic (exact) mass is 264 g/mol. The van der Waals surface area contributed by atoms with Crippen molar-refractivity contribution in [1.82, 2.24) is 0 Å². The van der Waals surface area contributed by atoms with E-state index in [4.69, 9.17) is 9.47 Å². The molecule has 0 aliphatic rings. The number of hydrazone groups is 1. The average molecular weight is 264 g/mol. The van der Waals surface area contributed by atoms with Gasteiger partial charge in [0.2, 0.25) is 0 Å². The zero-order valence-electron chi connectivity index (χ0n) is 11.4. The van der Waals surface area contributed by atoms with E-state index in [0.717, 1.165) is 37.1 Å². The molecule has 1 rings (SSSR count). The zero-order chi connectivity index (χ0) is 13.9. The van der Waals surface area contributed by atoms with Crippen molar-refractivity contribution in [2.45, 2.75) is 26.7 Å². The number of carbonyl (C=O) groups is 1. The fourth-order valence-electron chi connectivity index (χ4n) is 1.30. The second-order valence-electron chi connectivity index (χ2n) is 3.85. The molecule has 0 aliphatic carbocycles. The molecule has 0 spiro atoms. The molecule has 0 radical (unpaired) electrons. The van der Waals surface area contributed by atoms with Gasteiger partial charge in [-0.1, -0.05) is 13.3 Å². The normalized spacial score (nSPS) is 10.4. The number of nitrogens with one attached hydrogen (secondary N) is 1. The Morgan fingerprint density at radius 3 is 2.68 bits per heavy atom. The zero-order valence-corrected chi connectivity index (χ0v) is 11.4. The van der Waals surface area contributed by atoms with Gasteiger partial charge in [0.05, 0.1) is 18.9 Å². The number of esters is 1. The summed E-state index contributed by atoms with van der Waals surface area (Å²) in [5, 5.41) is 3.77. The molecule has 1 aromatic rings. The van der Waals surface area contributed by atoms with E-state index in [1.165, 1.54) is 0 Å². The third-order valence-electron chi connectivity index (χ3n) is 2.27. The van der Waals surface area contributed by atoms with Gasteiger partial charge in [-0.3, -0.25) is 5.43 Å². The molecular weight excluding hydrogens is 244 g/mol. The second-order valence-corrected chi connectivity index (χ2v) is 3.85. The number of unbranched alkanes of at least 4 members (excludes halogenated alkanes) is 1. The summed E-state index contributed by atoms with van der Waals surface area (Å²) in [6.45, 7) is 4.94. The van der Waals surface area contributed by atoms with Crippen LogP contribution in [0.15, 0.2) is 29.4 Å². The van der Waals surface area contributed by atoms with Crippen molar-refractivity contribution in [3.05, 3.63) is 24.3 Å². The highest BCUT2D eigenvalue weighted by Gasteiger charge is 1.96. The van der Waals surface area contributed by atoms with Gasteiger partial charge in [0, 0.05) is 0 Å². The number of hydrogen-bond acceptors (Lipinski definition) is 5. The quantitative estimate of drug-likeness (QED) is 0.339. The number of nitrogens with zero attached hydrogens (tertiary/aromatic N) is 1. The van der Waals surface area contributed by atoms with Crippen LogP contribution in [0.3, 0.4) is 0 Å². The maximum absolute atomic E-state index is 11.0. The minimum absolute atomic E-state index is 0.342. The lowest BCUT2D eigenvalue weighted by Gasteiger charge is -2.06. The summed E-state index contributed by atoms with van der Waals surface area (Å²) in [4.78, 5) is 11.0. The van der Waals surface area contributed by atoms with E-state index in [1.807, 2.05) is 24.3 Å². The molecule has 0 amide bonds. The summed E-state index contributed by atoms with van der Waals surface area (Å²) in [5.41, 5.74) is 3.52. The van der Waals surface area contributed by atoms with Gasteiger partial charge in [-0.05, 0) is 37.6 Å². The van der Waals surface area contributed by atoms with Crippen molar-refractivity contribution in [3.63, 3.8) is 0 Å². The lowest BCUT2D eigenvalue weighted by atomic mass is 10.3. The average Bonchev–Trinajstić information content (AvgIpc) is 2.41. The molecule has 0 unspecified atom stereocenters. The van der Waals surface area contributed by atoms with Crippen molar-refractivity contribution < 1.29 is 14.3 Å². The predicted octanol–water partition coefficient (Wildman–Crippen LogP) is 2.83. The van der Waals surface area contributed by atoms with Crippen LogP contribution in [0.25, 0.3) is 0 Å². The highest BCUT2D eigenvalue weighted by molar-refractivity contribution is 6.23. The van der Waals surface area contributed by atoms with Gasteiger partial charge >= 0.3 is 5.97 Å². The Morgan fingerprint density at radius 1 is 1.32 bits per heavy atom. The van der Waals surface area contributed by atoms with Gasteiger partial charge in [0.1, 0.15) is 12.0 Å². The Labute approximate surface area is 113 Å². The van der Waals surface area contributed by atoms with E-state index < -0.39 is 5.97 Å². The number of anilines is 1. The van der Waals surface area contributed by atoms with Crippen molar-refractivity contribution in [3.8, 4) is 5.75 Å². The van der Waals surface area contributed by atoms with Crippen molar-refractivity contribution in [2.75, 3.05) is 18.6 Å². The van der Waals surface area contributed by atoms with Crippen LogP contribution in [0.2, 0.25) is 0 Å². The summed E-state index contributed by atoms with van der Waals surface area (Å²) in [5.74, 6) is 0.364. The number of carbonyl (C=O) groups excluding carboxylic acids is 1. The Hall–Kier alpha value is -2.04. The fourth-order valence-corrected chi connectivity index (χ4v) is 1.30. The minimum Gasteiger partial charge on any atom is -0.494 e. The van der Waals surface area contributed by atoms with Crippen LogP contribution in [-0.2, 0) is 9.53 Å². The van der Waals surface area contributed by atoms with E-state index in [-0.39, 0.29) is 0 Å². The second kappa shape index (κ2) is 8.97. The molecule has 1 N–H and O–H groups in total. The summed E-state index contributed by atoms with van der Waals surface area (Å²) in [7, 11) is 0. The van der Waals surface area contributed by atoms with E-state index in [9.17, 15) is 4.79 Å². The molecule has 0 atom stereocenters. The first-order chi connectivity index (χ1) is 9.26. The summed E-state index contributed by atoms with van der Waals surface area (Å²) >= 11 is 0. The first-order valence-corrected chi connectivity index (χ1v) is 6.45. The van der Waals surface area contributed by atoms with E-state index in [0.29, 0.717) is 6.61 Å². The number of ether oxygens (including phenoxy) is 2. The Kier molecular flexibility index (Phi) is 7.09. The van der Waals surface area contributed by atoms with Crippen molar-refractivity contribution in [2.24, 2.45) is 5.10 Å². The number of hydrogen-bond donors (Lipinski definition) is 1. The molecule has 5 heteroatoms. The van der Waals surface area contributed by atoms with Gasteiger partial charge in [0.25, 0.3) is 0 Å². The maximum Gasteiger partial charge on any atom is 0.351 e. The van der Waals surface area contributed by atoms with Gasteiger partial charge in [-0.15, -0.1) is 0 Å². The van der Waals surface area contributed by atoms with Crippen LogP contribution >= 0.6 is 0 Å². The third kappa shape index (κ3) is 6.45. The van der Waals surface area contributed by atoms with E-state index in [1.54, 1.807) is 6.92 Å². The molecule has 0 fully saturated rings. The van der Waals surface area contributed by atoms with Crippen LogP contribution < -0.4 is 10.2 Å². The Bertz CT molecular complexity index is 402. The first-order valence-electron chi connectivity index (χ1n) is 6.45. The summed E-state index contributed by atoms with van der Waals surface area (Å²) in [6, 6.07) is 7.39. The van der Waals surface area contributed by atoms with Gasteiger partial charge in [-0.25, -0.2) is 4.79 Å². The molecule has 5 nitrogen and oxygen atoms in total. The molecule has 19 heavy (non-hydrogen) atoms. The van der Waals surface area contributed by atoms with Gasteiger partial charge in [0.15, 0.2) is 0 Å². The molecule has 104 valence electrons. The van der Waals surface area contributed by atoms with Crippen LogP contribution in [0.5, 0.6) is 5.75 Å². The molecule has 0 aliphatic heterocycles. The third-order valence-corrected chi connectivity index (χ3v) is 2.27. The van der Waals surface area contributed by atoms with Crippen LogP contribution in [0.1, 0.15) is 26.7 Å².